The summed E-state index contributed by atoms with van der Waals surface area (Å²) in [5.41, 5.74) is 0.383. The van der Waals surface area contributed by atoms with E-state index in [4.69, 9.17) is 42.6 Å². The molecule has 17 nitrogen and oxygen atoms in total. The first-order chi connectivity index (χ1) is 21.1. The number of benzene rings is 3. The minimum atomic E-state index is -3.87. The number of halogens is 2. The Kier molecular flexibility index (Phi) is 12.1. The standard InChI is InChI=1S/C22H18Cl2N6O11S3/c1-36-16-5-3-13(44(34,35)7-6-37-43-41-39-33)10-15(16)29-30-18-17(42-40-38-32)9-11-8-12(2-4-14(11)19(18)31)25-22-27-20(23)26-21(24)28-22/h2-5,8-10,31-33H,6-7H2,1H3,(H,25,26,27,28). The number of anilines is 2. The molecule has 234 valence electrons. The van der Waals surface area contributed by atoms with Gasteiger partial charge < -0.3 is 15.2 Å². The maximum Gasteiger partial charge on any atom is 0.232 e. The number of methoxy groups -OCH3 is 1. The van der Waals surface area contributed by atoms with Crippen molar-refractivity contribution in [3.63, 3.8) is 0 Å². The molecular weight excluding hydrogens is 691 g/mol. The van der Waals surface area contributed by atoms with Crippen molar-refractivity contribution in [2.45, 2.75) is 9.79 Å². The van der Waals surface area contributed by atoms with Gasteiger partial charge in [-0.25, -0.2) is 18.9 Å². The van der Waals surface area contributed by atoms with Crippen molar-refractivity contribution in [2.24, 2.45) is 10.2 Å². The highest BCUT2D eigenvalue weighted by Gasteiger charge is 2.19. The van der Waals surface area contributed by atoms with E-state index in [2.05, 4.69) is 49.2 Å². The molecule has 0 amide bonds. The molecule has 44 heavy (non-hydrogen) atoms. The zero-order valence-electron chi connectivity index (χ0n) is 21.8. The molecule has 4 N–H and O–H groups in total. The van der Waals surface area contributed by atoms with Crippen LogP contribution in [0.25, 0.3) is 10.8 Å². The van der Waals surface area contributed by atoms with Crippen molar-refractivity contribution >= 4 is 91.2 Å². The number of ether oxygens (including phenoxy) is 1. The van der Waals surface area contributed by atoms with Crippen LogP contribution in [-0.4, -0.2) is 58.5 Å². The average molecular weight is 710 g/mol. The van der Waals surface area contributed by atoms with E-state index in [9.17, 15) is 13.5 Å². The maximum atomic E-state index is 12.8. The lowest BCUT2D eigenvalue weighted by Gasteiger charge is -2.12. The minimum absolute atomic E-state index is 0.00451. The van der Waals surface area contributed by atoms with E-state index in [1.54, 1.807) is 24.3 Å². The fraction of sp³-hybridized carbons (Fsp3) is 0.136. The topological polar surface area (TPSA) is 226 Å². The first-order valence-corrected chi connectivity index (χ1v) is 15.3. The van der Waals surface area contributed by atoms with Crippen LogP contribution in [-0.2, 0) is 32.8 Å². The Morgan fingerprint density at radius 1 is 0.977 bits per heavy atom. The second-order valence-electron chi connectivity index (χ2n) is 7.94. The highest BCUT2D eigenvalue weighted by Crippen LogP contribution is 2.45. The number of rotatable bonds is 15. The first-order valence-electron chi connectivity index (χ1n) is 11.5. The van der Waals surface area contributed by atoms with Crippen LogP contribution in [0.3, 0.4) is 0 Å². The maximum absolute atomic E-state index is 12.8. The fourth-order valence-electron chi connectivity index (χ4n) is 3.53. The molecule has 1 aromatic heterocycles. The number of fused-ring (bicyclic) bond motifs is 1. The Bertz CT molecular complexity index is 1750. The van der Waals surface area contributed by atoms with Gasteiger partial charge in [0.2, 0.25) is 16.5 Å². The van der Waals surface area contributed by atoms with E-state index in [0.717, 1.165) is 0 Å². The predicted molar refractivity (Wildman–Crippen MR) is 157 cm³/mol. The Morgan fingerprint density at radius 3 is 2.43 bits per heavy atom. The van der Waals surface area contributed by atoms with Gasteiger partial charge in [-0.15, -0.1) is 18.9 Å². The number of aromatic nitrogens is 3. The van der Waals surface area contributed by atoms with E-state index >= 15 is 0 Å². The van der Waals surface area contributed by atoms with Crippen LogP contribution in [0.4, 0.5) is 23.0 Å². The summed E-state index contributed by atoms with van der Waals surface area (Å²) in [5.74, 6) is -0.538. The van der Waals surface area contributed by atoms with Gasteiger partial charge in [0.15, 0.2) is 27.9 Å². The summed E-state index contributed by atoms with van der Waals surface area (Å²) in [6.45, 7) is -0.300. The summed E-state index contributed by atoms with van der Waals surface area (Å²) < 4.78 is 44.3. The highest BCUT2D eigenvalue weighted by atomic mass is 35.5. The Labute approximate surface area is 266 Å². The van der Waals surface area contributed by atoms with Gasteiger partial charge in [0.05, 0.1) is 41.3 Å². The van der Waals surface area contributed by atoms with Crippen LogP contribution in [0.2, 0.25) is 10.6 Å². The SMILES string of the molecule is COc1ccc(S(=O)(=O)CCOSOOO)cc1N=Nc1c(SOOO)cc2cc(Nc3nc(Cl)nc(Cl)n3)ccc2c1O. The molecule has 4 rings (SSSR count). The first kappa shape index (κ1) is 33.8. The molecule has 0 fully saturated rings. The molecule has 0 unspecified atom stereocenters. The zero-order chi connectivity index (χ0) is 31.7. The number of nitrogens with zero attached hydrogens (tertiary/aromatic N) is 5. The van der Waals surface area contributed by atoms with Crippen LogP contribution in [0.15, 0.2) is 62.5 Å². The molecule has 0 aliphatic rings. The zero-order valence-corrected chi connectivity index (χ0v) is 25.7. The monoisotopic (exact) mass is 708 g/mol. The summed E-state index contributed by atoms with van der Waals surface area (Å²) >= 11 is 12.4. The van der Waals surface area contributed by atoms with E-state index in [1.165, 1.54) is 25.3 Å². The number of sulfone groups is 1. The Morgan fingerprint density at radius 2 is 1.73 bits per heavy atom. The molecule has 1 heterocycles. The molecule has 0 atom stereocenters. The van der Waals surface area contributed by atoms with E-state index in [0.29, 0.717) is 28.5 Å². The Hall–Kier alpha value is -3.12. The second-order valence-corrected chi connectivity index (χ2v) is 12.0. The van der Waals surface area contributed by atoms with Gasteiger partial charge in [0.25, 0.3) is 0 Å². The minimum Gasteiger partial charge on any atom is -0.505 e. The molecule has 0 bridgehead atoms. The summed E-state index contributed by atoms with van der Waals surface area (Å²) in [6.07, 6.45) is 0. The number of phenolic OH excluding ortho intramolecular Hbond substituents is 1. The smallest absolute Gasteiger partial charge is 0.232 e. The van der Waals surface area contributed by atoms with Crippen LogP contribution in [0.5, 0.6) is 11.5 Å². The third-order valence-electron chi connectivity index (χ3n) is 5.35. The van der Waals surface area contributed by atoms with Crippen LogP contribution in [0.1, 0.15) is 0 Å². The lowest BCUT2D eigenvalue weighted by atomic mass is 10.1. The molecule has 0 aliphatic carbocycles. The van der Waals surface area contributed by atoms with Crippen molar-refractivity contribution in [1.82, 2.24) is 15.0 Å². The van der Waals surface area contributed by atoms with Gasteiger partial charge in [-0.2, -0.15) is 15.0 Å². The molecule has 4 aromatic rings. The van der Waals surface area contributed by atoms with Crippen LogP contribution in [0, 0.1) is 0 Å². The van der Waals surface area contributed by atoms with Crippen molar-refractivity contribution < 1.29 is 51.7 Å². The molecule has 22 heteroatoms. The number of phenols is 1. The average Bonchev–Trinajstić information content (AvgIpc) is 2.98. The van der Waals surface area contributed by atoms with Crippen molar-refractivity contribution in [3.05, 3.63) is 53.0 Å². The number of azo groups is 1. The van der Waals surface area contributed by atoms with Crippen LogP contribution < -0.4 is 10.1 Å². The second kappa shape index (κ2) is 15.7. The molecule has 0 saturated carbocycles. The number of aromatic hydroxyl groups is 1. The van der Waals surface area contributed by atoms with Crippen LogP contribution >= 0.6 is 47.6 Å². The van der Waals surface area contributed by atoms with Crippen molar-refractivity contribution in [3.8, 4) is 11.5 Å². The molecule has 0 spiro atoms. The number of nitrogens with one attached hydrogen (secondary N) is 1. The fourth-order valence-corrected chi connectivity index (χ4v) is 5.81. The summed E-state index contributed by atoms with van der Waals surface area (Å²) in [7, 11) is -2.52. The molecular formula is C22H18Cl2N6O11S3. The van der Waals surface area contributed by atoms with E-state index < -0.39 is 15.6 Å². The van der Waals surface area contributed by atoms with E-state index in [1.807, 2.05) is 0 Å². The molecule has 3 aromatic carbocycles. The van der Waals surface area contributed by atoms with Crippen molar-refractivity contribution in [2.75, 3.05) is 24.8 Å². The van der Waals surface area contributed by atoms with Crippen molar-refractivity contribution in [1.29, 1.82) is 0 Å². The lowest BCUT2D eigenvalue weighted by Crippen LogP contribution is -2.11. The summed E-state index contributed by atoms with van der Waals surface area (Å²) in [4.78, 5) is 11.6. The number of hydrogen-bond donors (Lipinski definition) is 4. The van der Waals surface area contributed by atoms with Gasteiger partial charge in [-0.05, 0) is 71.1 Å². The van der Waals surface area contributed by atoms with Gasteiger partial charge in [0, 0.05) is 11.1 Å². The third-order valence-corrected chi connectivity index (χ3v) is 8.36. The number of hydrogen-bond acceptors (Lipinski definition) is 19. The van der Waals surface area contributed by atoms with Gasteiger partial charge in [0.1, 0.15) is 17.1 Å². The van der Waals surface area contributed by atoms with Gasteiger partial charge >= 0.3 is 0 Å². The quantitative estimate of drug-likeness (QED) is 0.0344. The van der Waals surface area contributed by atoms with E-state index in [-0.39, 0.29) is 68.1 Å². The molecule has 0 aliphatic heterocycles. The third kappa shape index (κ3) is 8.74. The molecule has 0 saturated heterocycles. The summed E-state index contributed by atoms with van der Waals surface area (Å²) in [5, 5.41) is 46.7. The normalized spacial score (nSPS) is 11.8. The molecule has 0 radical (unpaired) electrons. The highest BCUT2D eigenvalue weighted by molar-refractivity contribution is 7.94. The van der Waals surface area contributed by atoms with Gasteiger partial charge in [-0.1, -0.05) is 10.1 Å². The predicted octanol–water partition coefficient (Wildman–Crippen LogP) is 6.41. The Balaban J connectivity index is 1.67. The van der Waals surface area contributed by atoms with Gasteiger partial charge in [-0.3, -0.25) is 4.18 Å². The lowest BCUT2D eigenvalue weighted by molar-refractivity contribution is -0.434. The largest absolute Gasteiger partial charge is 0.505 e. The summed E-state index contributed by atoms with van der Waals surface area (Å²) in [6, 6.07) is 10.3.